The molecule has 1 unspecified atom stereocenters. The second-order valence-electron chi connectivity index (χ2n) is 5.58. The van der Waals surface area contributed by atoms with Gasteiger partial charge in [0.1, 0.15) is 5.75 Å². The molecule has 0 aliphatic heterocycles. The molecule has 21 heavy (non-hydrogen) atoms. The Morgan fingerprint density at radius 3 is 2.57 bits per heavy atom. The minimum atomic E-state index is -1.32. The first kappa shape index (κ1) is 17.4. The molecular formula is C15H22N2O3S. The molecule has 1 atom stereocenters. The second-order valence-corrected chi connectivity index (χ2v) is 7.04. The van der Waals surface area contributed by atoms with Crippen LogP contribution in [0, 0.1) is 0 Å². The first-order chi connectivity index (χ1) is 9.73. The van der Waals surface area contributed by atoms with Crippen molar-refractivity contribution in [3.63, 3.8) is 0 Å². The molecule has 0 saturated carbocycles. The van der Waals surface area contributed by atoms with Gasteiger partial charge in [-0.15, -0.1) is 0 Å². The summed E-state index contributed by atoms with van der Waals surface area (Å²) in [6.07, 6.45) is 0.798. The van der Waals surface area contributed by atoms with Gasteiger partial charge in [-0.05, 0) is 38.0 Å². The van der Waals surface area contributed by atoms with Gasteiger partial charge in [0.15, 0.2) is 0 Å². The Balaban J connectivity index is 2.60. The lowest BCUT2D eigenvalue weighted by atomic mass is 10.0. The Morgan fingerprint density at radius 2 is 2.00 bits per heavy atom. The lowest BCUT2D eigenvalue weighted by Crippen LogP contribution is -2.44. The topological polar surface area (TPSA) is 89.3 Å². The maximum Gasteiger partial charge on any atom is 0.248 e. The SMILES string of the molecule is CCC(C)(C)NC(=O)CS(=O)Cc1cccc(C(N)=O)c1. The molecule has 0 aliphatic carbocycles. The number of nitrogens with two attached hydrogens (primary N) is 1. The Kier molecular flexibility index (Phi) is 6.08. The van der Waals surface area contributed by atoms with Crippen molar-refractivity contribution in [1.82, 2.24) is 5.32 Å². The highest BCUT2D eigenvalue weighted by Crippen LogP contribution is 2.09. The quantitative estimate of drug-likeness (QED) is 0.796. The molecular weight excluding hydrogens is 288 g/mol. The lowest BCUT2D eigenvalue weighted by molar-refractivity contribution is -0.120. The fourth-order valence-corrected chi connectivity index (χ4v) is 2.72. The third-order valence-electron chi connectivity index (χ3n) is 3.19. The number of benzene rings is 1. The molecule has 0 aliphatic rings. The molecule has 1 rings (SSSR count). The van der Waals surface area contributed by atoms with Gasteiger partial charge in [-0.1, -0.05) is 19.1 Å². The lowest BCUT2D eigenvalue weighted by Gasteiger charge is -2.24. The van der Waals surface area contributed by atoms with Crippen LogP contribution in [0.25, 0.3) is 0 Å². The van der Waals surface area contributed by atoms with E-state index >= 15 is 0 Å². The Bertz CT molecular complexity index is 556. The van der Waals surface area contributed by atoms with Gasteiger partial charge in [0.25, 0.3) is 0 Å². The van der Waals surface area contributed by atoms with Crippen molar-refractivity contribution < 1.29 is 13.8 Å². The molecule has 116 valence electrons. The summed E-state index contributed by atoms with van der Waals surface area (Å²) in [5.41, 5.74) is 6.01. The average Bonchev–Trinajstić information content (AvgIpc) is 2.37. The normalized spacial score (nSPS) is 12.7. The third-order valence-corrected chi connectivity index (χ3v) is 4.43. The third kappa shape index (κ3) is 6.08. The molecule has 1 aromatic rings. The molecule has 0 spiro atoms. The van der Waals surface area contributed by atoms with E-state index in [0.29, 0.717) is 5.56 Å². The van der Waals surface area contributed by atoms with Crippen molar-refractivity contribution in [3.05, 3.63) is 35.4 Å². The number of primary amides is 1. The number of amides is 2. The molecule has 2 amide bonds. The highest BCUT2D eigenvalue weighted by Gasteiger charge is 2.19. The van der Waals surface area contributed by atoms with Gasteiger partial charge in [0, 0.05) is 27.7 Å². The van der Waals surface area contributed by atoms with E-state index in [0.717, 1.165) is 12.0 Å². The zero-order chi connectivity index (χ0) is 16.0. The van der Waals surface area contributed by atoms with Gasteiger partial charge in [0.05, 0.1) is 0 Å². The molecule has 0 aromatic heterocycles. The number of nitrogens with one attached hydrogen (secondary N) is 1. The Hall–Kier alpha value is -1.69. The standard InChI is InChI=1S/C15H22N2O3S/c1-4-15(2,3)17-13(18)10-21(20)9-11-6-5-7-12(8-11)14(16)19/h5-8H,4,9-10H2,1-3H3,(H2,16,19)(H,17,18). The van der Waals surface area contributed by atoms with Gasteiger partial charge in [-0.2, -0.15) is 0 Å². The highest BCUT2D eigenvalue weighted by atomic mass is 32.2. The van der Waals surface area contributed by atoms with E-state index < -0.39 is 16.7 Å². The summed E-state index contributed by atoms with van der Waals surface area (Å²) in [4.78, 5) is 22.9. The molecule has 0 radical (unpaired) electrons. The van der Waals surface area contributed by atoms with Crippen molar-refractivity contribution in [2.75, 3.05) is 5.75 Å². The van der Waals surface area contributed by atoms with Crippen molar-refractivity contribution in [2.45, 2.75) is 38.5 Å². The average molecular weight is 310 g/mol. The zero-order valence-corrected chi connectivity index (χ0v) is 13.5. The van der Waals surface area contributed by atoms with E-state index in [9.17, 15) is 13.8 Å². The molecule has 0 bridgehead atoms. The van der Waals surface area contributed by atoms with Crippen LogP contribution in [0.5, 0.6) is 0 Å². The van der Waals surface area contributed by atoms with Crippen LogP contribution in [0.15, 0.2) is 24.3 Å². The molecule has 3 N–H and O–H groups in total. The molecule has 0 saturated heterocycles. The van der Waals surface area contributed by atoms with Crippen LogP contribution in [0.4, 0.5) is 0 Å². The van der Waals surface area contributed by atoms with Crippen molar-refractivity contribution >= 4 is 22.6 Å². The zero-order valence-electron chi connectivity index (χ0n) is 12.6. The Morgan fingerprint density at radius 1 is 1.33 bits per heavy atom. The summed E-state index contributed by atoms with van der Waals surface area (Å²) < 4.78 is 12.0. The Labute approximate surface area is 127 Å². The fraction of sp³-hybridized carbons (Fsp3) is 0.467. The molecule has 5 nitrogen and oxygen atoms in total. The molecule has 0 fully saturated rings. The van der Waals surface area contributed by atoms with Gasteiger partial charge in [0.2, 0.25) is 11.8 Å². The van der Waals surface area contributed by atoms with Crippen molar-refractivity contribution in [3.8, 4) is 0 Å². The van der Waals surface area contributed by atoms with E-state index in [1.807, 2.05) is 20.8 Å². The summed E-state index contributed by atoms with van der Waals surface area (Å²) in [5.74, 6) is -0.581. The van der Waals surface area contributed by atoms with E-state index in [4.69, 9.17) is 5.73 Å². The van der Waals surface area contributed by atoms with Crippen molar-refractivity contribution in [1.29, 1.82) is 0 Å². The first-order valence-electron chi connectivity index (χ1n) is 6.78. The number of hydrogen-bond acceptors (Lipinski definition) is 3. The fourth-order valence-electron chi connectivity index (χ4n) is 1.70. The monoisotopic (exact) mass is 310 g/mol. The number of hydrogen-bond donors (Lipinski definition) is 2. The van der Waals surface area contributed by atoms with Crippen LogP contribution < -0.4 is 11.1 Å². The van der Waals surface area contributed by atoms with E-state index in [-0.39, 0.29) is 23.0 Å². The predicted octanol–water partition coefficient (Wildman–Crippen LogP) is 1.34. The molecule has 1 aromatic carbocycles. The minimum Gasteiger partial charge on any atom is -0.366 e. The van der Waals surface area contributed by atoms with E-state index in [1.165, 1.54) is 0 Å². The summed E-state index contributed by atoms with van der Waals surface area (Å²) in [7, 11) is -1.32. The summed E-state index contributed by atoms with van der Waals surface area (Å²) in [6.45, 7) is 5.82. The van der Waals surface area contributed by atoms with Crippen LogP contribution in [0.1, 0.15) is 43.1 Å². The summed E-state index contributed by atoms with van der Waals surface area (Å²) >= 11 is 0. The predicted molar refractivity (Wildman–Crippen MR) is 84.2 cm³/mol. The van der Waals surface area contributed by atoms with Gasteiger partial charge in [-0.3, -0.25) is 13.8 Å². The van der Waals surface area contributed by atoms with Crippen LogP contribution in [-0.2, 0) is 21.3 Å². The van der Waals surface area contributed by atoms with Crippen molar-refractivity contribution in [2.24, 2.45) is 5.73 Å². The minimum absolute atomic E-state index is 0.0514. The van der Waals surface area contributed by atoms with Crippen LogP contribution in [-0.4, -0.2) is 27.3 Å². The first-order valence-corrected chi connectivity index (χ1v) is 8.27. The number of rotatable bonds is 7. The highest BCUT2D eigenvalue weighted by molar-refractivity contribution is 7.84. The summed E-state index contributed by atoms with van der Waals surface area (Å²) in [5, 5.41) is 2.85. The largest absolute Gasteiger partial charge is 0.366 e. The van der Waals surface area contributed by atoms with E-state index in [2.05, 4.69) is 5.32 Å². The maximum atomic E-state index is 12.0. The number of carbonyl (C=O) groups excluding carboxylic acids is 2. The van der Waals surface area contributed by atoms with E-state index in [1.54, 1.807) is 24.3 Å². The number of carbonyl (C=O) groups is 2. The second kappa shape index (κ2) is 7.36. The van der Waals surface area contributed by atoms with Gasteiger partial charge in [-0.25, -0.2) is 0 Å². The van der Waals surface area contributed by atoms with Crippen LogP contribution >= 0.6 is 0 Å². The van der Waals surface area contributed by atoms with Gasteiger partial charge < -0.3 is 11.1 Å². The summed E-state index contributed by atoms with van der Waals surface area (Å²) in [6, 6.07) is 6.66. The maximum absolute atomic E-state index is 12.0. The molecule has 6 heteroatoms. The van der Waals surface area contributed by atoms with Gasteiger partial charge >= 0.3 is 0 Å². The smallest absolute Gasteiger partial charge is 0.248 e. The van der Waals surface area contributed by atoms with Crippen LogP contribution in [0.3, 0.4) is 0 Å². The van der Waals surface area contributed by atoms with Crippen LogP contribution in [0.2, 0.25) is 0 Å². The molecule has 0 heterocycles.